The van der Waals surface area contributed by atoms with Gasteiger partial charge < -0.3 is 0 Å². The number of rotatable bonds is 2. The fourth-order valence-corrected chi connectivity index (χ4v) is 0.192. The van der Waals surface area contributed by atoms with Gasteiger partial charge in [0.1, 0.15) is 0 Å². The van der Waals surface area contributed by atoms with E-state index < -0.39 is 0 Å². The van der Waals surface area contributed by atoms with E-state index in [0.717, 1.165) is 0 Å². The molecule has 0 radical (unpaired) electrons. The normalized spacial score (nSPS) is 8.18. The smallest absolute Gasteiger partial charge is 0.0215 e. The van der Waals surface area contributed by atoms with E-state index >= 15 is 0 Å². The van der Waals surface area contributed by atoms with Crippen LogP contribution in [0.2, 0.25) is 0 Å². The summed E-state index contributed by atoms with van der Waals surface area (Å²) in [5, 5.41) is 3.70. The van der Waals surface area contributed by atoms with Crippen LogP contribution in [0.4, 0.5) is 0 Å². The summed E-state index contributed by atoms with van der Waals surface area (Å²) in [5.74, 6) is 0. The van der Waals surface area contributed by atoms with E-state index in [2.05, 4.69) is 10.5 Å². The summed E-state index contributed by atoms with van der Waals surface area (Å²) >= 11 is 0. The second-order valence-electron chi connectivity index (χ2n) is 1.02. The average molecular weight is 158 g/mol. The minimum Gasteiger partial charge on any atom is -0.286 e. The van der Waals surface area contributed by atoms with Crippen molar-refractivity contribution in [1.82, 2.24) is 5.43 Å². The summed E-state index contributed by atoms with van der Waals surface area (Å²) in [4.78, 5) is 0. The van der Waals surface area contributed by atoms with Gasteiger partial charge in [0.05, 0.1) is 0 Å². The molecule has 0 unspecified atom stereocenters. The zero-order valence-corrected chi connectivity index (χ0v) is 8.68. The summed E-state index contributed by atoms with van der Waals surface area (Å²) in [6, 6.07) is 0. The lowest BCUT2D eigenvalue weighted by Gasteiger charge is -1.81. The zero-order valence-electron chi connectivity index (χ0n) is 8.68. The van der Waals surface area contributed by atoms with Crippen LogP contribution in [-0.2, 0) is 0 Å². The third kappa shape index (κ3) is 46.5. The molecule has 0 heterocycles. The molecule has 2 nitrogen and oxygen atoms in total. The highest BCUT2D eigenvalue weighted by Gasteiger charge is 1.55. The van der Waals surface area contributed by atoms with Crippen LogP contribution in [0.1, 0.15) is 41.5 Å². The summed E-state index contributed by atoms with van der Waals surface area (Å²) < 4.78 is 0. The van der Waals surface area contributed by atoms with Crippen molar-refractivity contribution in [1.29, 1.82) is 0 Å². The van der Waals surface area contributed by atoms with Crippen LogP contribution < -0.4 is 5.43 Å². The Morgan fingerprint density at radius 3 is 1.73 bits per heavy atom. The van der Waals surface area contributed by atoms with Crippen molar-refractivity contribution < 1.29 is 0 Å². The second kappa shape index (κ2) is 35.0. The van der Waals surface area contributed by atoms with Crippen LogP contribution in [-0.4, -0.2) is 6.21 Å². The first kappa shape index (κ1) is 16.7. The van der Waals surface area contributed by atoms with Crippen LogP contribution in [0, 0.1) is 0 Å². The minimum absolute atomic E-state index is 1.69. The van der Waals surface area contributed by atoms with Gasteiger partial charge in [-0.1, -0.05) is 33.8 Å². The van der Waals surface area contributed by atoms with E-state index in [9.17, 15) is 0 Å². The Morgan fingerprint density at radius 2 is 1.45 bits per heavy atom. The van der Waals surface area contributed by atoms with Gasteiger partial charge in [-0.25, -0.2) is 0 Å². The first-order chi connectivity index (χ1) is 5.41. The number of hydrazone groups is 1. The van der Waals surface area contributed by atoms with Crippen molar-refractivity contribution >= 4 is 6.21 Å². The number of nitrogens with zero attached hydrogens (tertiary/aromatic N) is 1. The van der Waals surface area contributed by atoms with Crippen LogP contribution in [0.3, 0.4) is 0 Å². The van der Waals surface area contributed by atoms with E-state index in [0.29, 0.717) is 0 Å². The lowest BCUT2D eigenvalue weighted by atomic mass is 10.7. The predicted molar refractivity (Wildman–Crippen MR) is 54.8 cm³/mol. The Hall–Kier alpha value is -0.790. The van der Waals surface area contributed by atoms with Gasteiger partial charge in [0.25, 0.3) is 0 Å². The topological polar surface area (TPSA) is 24.4 Å². The second-order valence-corrected chi connectivity index (χ2v) is 1.02. The van der Waals surface area contributed by atoms with Gasteiger partial charge in [0, 0.05) is 12.4 Å². The minimum atomic E-state index is 1.69. The Labute approximate surface area is 71.4 Å². The van der Waals surface area contributed by atoms with Gasteiger partial charge in [-0.15, -0.1) is 0 Å². The molecule has 0 amide bonds. The molecule has 68 valence electrons. The summed E-state index contributed by atoms with van der Waals surface area (Å²) in [7, 11) is 0. The number of hydrogen-bond donors (Lipinski definition) is 1. The molecule has 0 atom stereocenters. The predicted octanol–water partition coefficient (Wildman–Crippen LogP) is 3.17. The van der Waals surface area contributed by atoms with Gasteiger partial charge >= 0.3 is 0 Å². The van der Waals surface area contributed by atoms with Gasteiger partial charge in [-0.3, -0.25) is 5.43 Å². The zero-order chi connectivity index (χ0) is 9.54. The van der Waals surface area contributed by atoms with Crippen molar-refractivity contribution in [2.75, 3.05) is 0 Å². The highest BCUT2D eigenvalue weighted by Crippen LogP contribution is 1.60. The molecule has 2 heteroatoms. The molecular formula is C9H22N2. The van der Waals surface area contributed by atoms with Gasteiger partial charge in [-0.2, -0.15) is 5.10 Å². The summed E-state index contributed by atoms with van der Waals surface area (Å²) in [5.41, 5.74) is 2.67. The fraction of sp³-hybridized carbons (Fsp3) is 0.667. The van der Waals surface area contributed by atoms with Crippen LogP contribution in [0.15, 0.2) is 17.4 Å². The van der Waals surface area contributed by atoms with Gasteiger partial charge in [0.2, 0.25) is 0 Å². The molecule has 11 heavy (non-hydrogen) atoms. The maximum atomic E-state index is 3.70. The van der Waals surface area contributed by atoms with Gasteiger partial charge in [-0.05, 0) is 13.8 Å². The Bertz CT molecular complexity index is 65.6. The Balaban J connectivity index is -0.000000138. The molecule has 1 N–H and O–H groups in total. The van der Waals surface area contributed by atoms with Crippen molar-refractivity contribution in [2.45, 2.75) is 41.5 Å². The molecular weight excluding hydrogens is 136 g/mol. The molecule has 0 saturated heterocycles. The molecule has 0 rings (SSSR count). The molecule has 0 aliphatic rings. The molecule has 0 fully saturated rings. The molecule has 0 aliphatic carbocycles. The standard InChI is InChI=1S/C5H10N2.2C2H6/c1-3-5-7-6-4-2;2*1-2/h3-5,7H,1-2H3;2*1-2H3/b5-3-,6-4-;;. The third-order valence-corrected chi connectivity index (χ3v) is 0.445. The molecule has 0 aromatic rings. The molecule has 0 aromatic heterocycles. The van der Waals surface area contributed by atoms with Crippen LogP contribution in [0.25, 0.3) is 0 Å². The van der Waals surface area contributed by atoms with E-state index in [1.165, 1.54) is 0 Å². The highest BCUT2D eigenvalue weighted by molar-refractivity contribution is 5.52. The molecule has 0 aromatic carbocycles. The SMILES string of the molecule is C/C=C\N/N=C\C.CC.CC. The molecule has 0 saturated carbocycles. The number of nitrogens with one attached hydrogen (secondary N) is 1. The van der Waals surface area contributed by atoms with Crippen LogP contribution in [0.5, 0.6) is 0 Å². The van der Waals surface area contributed by atoms with Crippen molar-refractivity contribution in [3.05, 3.63) is 12.3 Å². The van der Waals surface area contributed by atoms with E-state index in [-0.39, 0.29) is 0 Å². The Morgan fingerprint density at radius 1 is 1.00 bits per heavy atom. The van der Waals surface area contributed by atoms with Crippen molar-refractivity contribution in [3.8, 4) is 0 Å². The molecule has 0 bridgehead atoms. The van der Waals surface area contributed by atoms with E-state index in [1.807, 2.05) is 47.6 Å². The highest BCUT2D eigenvalue weighted by atomic mass is 15.3. The maximum absolute atomic E-state index is 3.70. The van der Waals surface area contributed by atoms with E-state index in [1.54, 1.807) is 12.4 Å². The summed E-state index contributed by atoms with van der Waals surface area (Å²) in [6.45, 7) is 11.8. The fourth-order valence-electron chi connectivity index (χ4n) is 0.192. The maximum Gasteiger partial charge on any atom is 0.0215 e. The van der Waals surface area contributed by atoms with E-state index in [4.69, 9.17) is 0 Å². The first-order valence-corrected chi connectivity index (χ1v) is 4.26. The van der Waals surface area contributed by atoms with Gasteiger partial charge in [0.15, 0.2) is 0 Å². The molecule has 0 spiro atoms. The quantitative estimate of drug-likeness (QED) is 0.484. The Kier molecular flexibility index (Phi) is 53.0. The average Bonchev–Trinajstić information content (AvgIpc) is 2.13. The molecule has 0 aliphatic heterocycles. The number of hydrogen-bond acceptors (Lipinski definition) is 2. The van der Waals surface area contributed by atoms with Crippen molar-refractivity contribution in [3.63, 3.8) is 0 Å². The lowest BCUT2D eigenvalue weighted by molar-refractivity contribution is 0.971. The van der Waals surface area contributed by atoms with Crippen molar-refractivity contribution in [2.24, 2.45) is 5.10 Å². The first-order valence-electron chi connectivity index (χ1n) is 4.26. The number of allylic oxidation sites excluding steroid dienone is 1. The largest absolute Gasteiger partial charge is 0.286 e. The monoisotopic (exact) mass is 158 g/mol. The summed E-state index contributed by atoms with van der Waals surface area (Å²) in [6.07, 6.45) is 5.34. The lowest BCUT2D eigenvalue weighted by Crippen LogP contribution is -1.90. The van der Waals surface area contributed by atoms with Crippen LogP contribution >= 0.6 is 0 Å². The third-order valence-electron chi connectivity index (χ3n) is 0.445.